The lowest BCUT2D eigenvalue weighted by Gasteiger charge is -2.15. The predicted molar refractivity (Wildman–Crippen MR) is 86.7 cm³/mol. The van der Waals surface area contributed by atoms with Crippen molar-refractivity contribution >= 4 is 22.5 Å². The Morgan fingerprint density at radius 1 is 1.32 bits per heavy atom. The van der Waals surface area contributed by atoms with Gasteiger partial charge in [-0.1, -0.05) is 12.1 Å². The minimum absolute atomic E-state index is 0.206. The highest BCUT2D eigenvalue weighted by Gasteiger charge is 2.16. The summed E-state index contributed by atoms with van der Waals surface area (Å²) in [7, 11) is 0. The van der Waals surface area contributed by atoms with E-state index in [9.17, 15) is 4.79 Å². The van der Waals surface area contributed by atoms with E-state index in [2.05, 4.69) is 20.4 Å². The number of anilines is 1. The van der Waals surface area contributed by atoms with Crippen molar-refractivity contribution in [3.05, 3.63) is 29.5 Å². The van der Waals surface area contributed by atoms with Gasteiger partial charge in [0, 0.05) is 18.5 Å². The molecule has 0 unspecified atom stereocenters. The number of carbonyl (C=O) groups excluding carboxylic acids is 1. The monoisotopic (exact) mass is 299 g/mol. The number of carbonyl (C=O) groups is 1. The van der Waals surface area contributed by atoms with Crippen LogP contribution in [0.5, 0.6) is 0 Å². The fourth-order valence-electron chi connectivity index (χ4n) is 2.82. The first-order valence-electron chi connectivity index (χ1n) is 7.68. The Bertz CT molecular complexity index is 694. The number of aromatic nitrogens is 2. The molecule has 2 heterocycles. The zero-order chi connectivity index (χ0) is 15.5. The van der Waals surface area contributed by atoms with Crippen molar-refractivity contribution in [3.8, 4) is 0 Å². The number of nitrogen functional groups attached to an aromatic ring is 1. The molecule has 0 spiro atoms. The zero-order valence-electron chi connectivity index (χ0n) is 12.8. The normalized spacial score (nSPS) is 15.3. The molecule has 1 aromatic carbocycles. The van der Waals surface area contributed by atoms with Crippen LogP contribution >= 0.6 is 0 Å². The molecule has 0 aliphatic carbocycles. The molecule has 1 aliphatic rings. The molecule has 1 aliphatic heterocycles. The quantitative estimate of drug-likeness (QED) is 0.890. The van der Waals surface area contributed by atoms with Crippen LogP contribution in [0.25, 0.3) is 10.9 Å². The van der Waals surface area contributed by atoms with Crippen LogP contribution in [-0.2, 0) is 0 Å². The van der Waals surface area contributed by atoms with Gasteiger partial charge in [-0.25, -0.2) is 0 Å². The van der Waals surface area contributed by atoms with Gasteiger partial charge in [-0.2, -0.15) is 0 Å². The van der Waals surface area contributed by atoms with E-state index >= 15 is 0 Å². The van der Waals surface area contributed by atoms with Crippen LogP contribution < -0.4 is 11.1 Å². The molecule has 0 radical (unpaired) electrons. The predicted octanol–water partition coefficient (Wildman–Crippen LogP) is 1.35. The average Bonchev–Trinajstić information content (AvgIpc) is 3.00. The van der Waals surface area contributed by atoms with Gasteiger partial charge in [0.1, 0.15) is 0 Å². The maximum absolute atomic E-state index is 12.2. The smallest absolute Gasteiger partial charge is 0.274 e. The lowest BCUT2D eigenvalue weighted by Crippen LogP contribution is -2.34. The minimum Gasteiger partial charge on any atom is -0.396 e. The highest BCUT2D eigenvalue weighted by atomic mass is 16.1. The number of nitrogens with one attached hydrogen (secondary N) is 1. The summed E-state index contributed by atoms with van der Waals surface area (Å²) in [6.07, 6.45) is 2.49. The third kappa shape index (κ3) is 3.01. The first-order valence-corrected chi connectivity index (χ1v) is 7.68. The number of aryl methyl sites for hydroxylation is 1. The summed E-state index contributed by atoms with van der Waals surface area (Å²) in [5, 5.41) is 11.8. The molecule has 116 valence electrons. The summed E-state index contributed by atoms with van der Waals surface area (Å²) >= 11 is 0. The number of hydrogen-bond acceptors (Lipinski definition) is 5. The Balaban J connectivity index is 1.70. The Morgan fingerprint density at radius 3 is 2.86 bits per heavy atom. The van der Waals surface area contributed by atoms with Gasteiger partial charge >= 0.3 is 0 Å². The number of fused-ring (bicyclic) bond motifs is 1. The van der Waals surface area contributed by atoms with E-state index in [-0.39, 0.29) is 11.6 Å². The molecule has 22 heavy (non-hydrogen) atoms. The minimum atomic E-state index is -0.258. The van der Waals surface area contributed by atoms with Gasteiger partial charge in [0.25, 0.3) is 5.91 Å². The number of likely N-dealkylation sites (tertiary alicyclic amines) is 1. The first kappa shape index (κ1) is 14.7. The Morgan fingerprint density at radius 2 is 2.09 bits per heavy atom. The van der Waals surface area contributed by atoms with Crippen LogP contribution in [0.3, 0.4) is 0 Å². The number of nitrogens with zero attached hydrogens (tertiary/aromatic N) is 3. The topological polar surface area (TPSA) is 84.1 Å². The van der Waals surface area contributed by atoms with Crippen molar-refractivity contribution in [1.82, 2.24) is 20.4 Å². The highest BCUT2D eigenvalue weighted by Crippen LogP contribution is 2.22. The van der Waals surface area contributed by atoms with E-state index in [4.69, 9.17) is 5.73 Å². The van der Waals surface area contributed by atoms with E-state index in [1.54, 1.807) is 0 Å². The lowest BCUT2D eigenvalue weighted by atomic mass is 10.1. The zero-order valence-corrected chi connectivity index (χ0v) is 12.8. The summed E-state index contributed by atoms with van der Waals surface area (Å²) < 4.78 is 0. The summed E-state index contributed by atoms with van der Waals surface area (Å²) in [6, 6.07) is 5.75. The molecule has 1 aromatic heterocycles. The molecule has 3 N–H and O–H groups in total. The molecule has 0 saturated carbocycles. The van der Waals surface area contributed by atoms with E-state index in [0.29, 0.717) is 17.7 Å². The van der Waals surface area contributed by atoms with Crippen LogP contribution in [0, 0.1) is 6.92 Å². The number of rotatable bonds is 4. The SMILES string of the molecule is Cc1ccc2c(N)c(C(=O)NCCN3CCCC3)nnc2c1. The van der Waals surface area contributed by atoms with Crippen LogP contribution in [0.4, 0.5) is 5.69 Å². The number of hydrogen-bond donors (Lipinski definition) is 2. The summed E-state index contributed by atoms with van der Waals surface area (Å²) in [5.74, 6) is -0.258. The van der Waals surface area contributed by atoms with Crippen LogP contribution in [0.15, 0.2) is 18.2 Å². The van der Waals surface area contributed by atoms with Crippen molar-refractivity contribution in [1.29, 1.82) is 0 Å². The van der Waals surface area contributed by atoms with Gasteiger partial charge in [-0.15, -0.1) is 10.2 Å². The largest absolute Gasteiger partial charge is 0.396 e. The Labute approximate surface area is 129 Å². The Kier molecular flexibility index (Phi) is 4.20. The van der Waals surface area contributed by atoms with E-state index < -0.39 is 0 Å². The van der Waals surface area contributed by atoms with E-state index in [0.717, 1.165) is 30.6 Å². The molecule has 1 saturated heterocycles. The third-order valence-corrected chi connectivity index (χ3v) is 4.08. The maximum Gasteiger partial charge on any atom is 0.274 e. The lowest BCUT2D eigenvalue weighted by molar-refractivity contribution is 0.0945. The van der Waals surface area contributed by atoms with Crippen LogP contribution in [0.2, 0.25) is 0 Å². The van der Waals surface area contributed by atoms with Gasteiger partial charge in [0.15, 0.2) is 5.69 Å². The van der Waals surface area contributed by atoms with Gasteiger partial charge in [0.2, 0.25) is 0 Å². The Hall–Kier alpha value is -2.21. The maximum atomic E-state index is 12.2. The molecule has 0 bridgehead atoms. The van der Waals surface area contributed by atoms with E-state index in [1.807, 2.05) is 25.1 Å². The molecule has 1 fully saturated rings. The highest BCUT2D eigenvalue weighted by molar-refractivity contribution is 6.04. The summed E-state index contributed by atoms with van der Waals surface area (Å²) in [4.78, 5) is 14.6. The second-order valence-corrected chi connectivity index (χ2v) is 5.79. The second kappa shape index (κ2) is 6.27. The average molecular weight is 299 g/mol. The standard InChI is InChI=1S/C16H21N5O/c1-11-4-5-12-13(10-11)19-20-15(14(12)17)16(22)18-6-9-21-7-2-3-8-21/h4-5,10H,2-3,6-9H2,1H3,(H2,17,19)(H,18,22). The third-order valence-electron chi connectivity index (χ3n) is 4.08. The molecular weight excluding hydrogens is 278 g/mol. The number of amides is 1. The summed E-state index contributed by atoms with van der Waals surface area (Å²) in [5.41, 5.74) is 8.49. The number of benzene rings is 1. The molecular formula is C16H21N5O. The summed E-state index contributed by atoms with van der Waals surface area (Å²) in [6.45, 7) is 5.69. The molecule has 3 rings (SSSR count). The first-order chi connectivity index (χ1) is 10.6. The fraction of sp³-hybridized carbons (Fsp3) is 0.438. The van der Waals surface area contributed by atoms with Gasteiger partial charge < -0.3 is 16.0 Å². The second-order valence-electron chi connectivity index (χ2n) is 5.79. The van der Waals surface area contributed by atoms with Gasteiger partial charge in [-0.3, -0.25) is 4.79 Å². The van der Waals surface area contributed by atoms with Crippen molar-refractivity contribution in [2.75, 3.05) is 31.9 Å². The molecule has 6 nitrogen and oxygen atoms in total. The molecule has 1 amide bonds. The van der Waals surface area contributed by atoms with Crippen molar-refractivity contribution in [2.45, 2.75) is 19.8 Å². The molecule has 2 aromatic rings. The van der Waals surface area contributed by atoms with E-state index in [1.165, 1.54) is 12.8 Å². The van der Waals surface area contributed by atoms with Crippen molar-refractivity contribution in [3.63, 3.8) is 0 Å². The number of nitrogens with two attached hydrogens (primary N) is 1. The molecule has 0 atom stereocenters. The fourth-order valence-corrected chi connectivity index (χ4v) is 2.82. The van der Waals surface area contributed by atoms with Crippen LogP contribution in [-0.4, -0.2) is 47.2 Å². The van der Waals surface area contributed by atoms with Crippen molar-refractivity contribution in [2.24, 2.45) is 0 Å². The molecule has 6 heteroatoms. The van der Waals surface area contributed by atoms with Gasteiger partial charge in [0.05, 0.1) is 11.2 Å². The van der Waals surface area contributed by atoms with Crippen molar-refractivity contribution < 1.29 is 4.79 Å². The van der Waals surface area contributed by atoms with Gasteiger partial charge in [-0.05, 0) is 44.5 Å². The van der Waals surface area contributed by atoms with Crippen LogP contribution in [0.1, 0.15) is 28.9 Å².